The second-order valence-corrected chi connectivity index (χ2v) is 3.51. The molecule has 1 aliphatic rings. The molecule has 1 aromatic rings. The average Bonchev–Trinajstić information content (AvgIpc) is 2.30. The molecule has 0 aliphatic carbocycles. The van der Waals surface area contributed by atoms with Gasteiger partial charge in [0.25, 0.3) is 5.91 Å². The molecular weight excluding hydrogens is 226 g/mol. The summed E-state index contributed by atoms with van der Waals surface area (Å²) in [4.78, 5) is 23.4. The van der Waals surface area contributed by atoms with Crippen molar-refractivity contribution in [2.45, 2.75) is 0 Å². The van der Waals surface area contributed by atoms with Crippen LogP contribution in [0.15, 0.2) is 24.3 Å². The first kappa shape index (κ1) is 11.3. The first-order valence-electron chi connectivity index (χ1n) is 5.06. The molecule has 0 aromatic heterocycles. The summed E-state index contributed by atoms with van der Waals surface area (Å²) in [7, 11) is 0. The van der Waals surface area contributed by atoms with E-state index in [1.807, 2.05) is 5.43 Å². The van der Waals surface area contributed by atoms with Crippen LogP contribution in [-0.4, -0.2) is 30.7 Å². The predicted octanol–water partition coefficient (Wildman–Crippen LogP) is 0.653. The van der Waals surface area contributed by atoms with E-state index in [2.05, 4.69) is 0 Å². The van der Waals surface area contributed by atoms with Crippen molar-refractivity contribution in [1.82, 2.24) is 0 Å². The highest BCUT2D eigenvalue weighted by Gasteiger charge is 2.19. The zero-order valence-electron chi connectivity index (χ0n) is 8.96. The summed E-state index contributed by atoms with van der Waals surface area (Å²) in [5.74, 6) is -0.105. The van der Waals surface area contributed by atoms with Gasteiger partial charge in [-0.15, -0.1) is 5.43 Å². The zero-order chi connectivity index (χ0) is 12.3. The van der Waals surface area contributed by atoms with E-state index in [-0.39, 0.29) is 12.5 Å². The monoisotopic (exact) mass is 237 g/mol. The maximum absolute atomic E-state index is 11.5. The van der Waals surface area contributed by atoms with Gasteiger partial charge in [0.2, 0.25) is 0 Å². The average molecular weight is 237 g/mol. The molecule has 2 rings (SSSR count). The lowest BCUT2D eigenvalue weighted by Gasteiger charge is -2.26. The molecule has 0 bridgehead atoms. The Kier molecular flexibility index (Phi) is 3.20. The van der Waals surface area contributed by atoms with Crippen molar-refractivity contribution in [2.24, 2.45) is 0 Å². The highest BCUT2D eigenvalue weighted by molar-refractivity contribution is 5.94. The molecule has 7 heteroatoms. The number of rotatable bonds is 3. The molecule has 1 saturated heterocycles. The highest BCUT2D eigenvalue weighted by Crippen LogP contribution is 2.19. The normalized spacial score (nSPS) is 15.8. The lowest BCUT2D eigenvalue weighted by Crippen LogP contribution is -2.41. The number of morpholine rings is 1. The van der Waals surface area contributed by atoms with E-state index in [9.17, 15) is 14.9 Å². The number of hydrazine groups is 1. The van der Waals surface area contributed by atoms with Crippen molar-refractivity contribution < 1.29 is 14.6 Å². The first-order chi connectivity index (χ1) is 8.16. The number of nitrogens with zero attached hydrogens (tertiary/aromatic N) is 2. The van der Waals surface area contributed by atoms with Gasteiger partial charge in [-0.05, 0) is 24.3 Å². The summed E-state index contributed by atoms with van der Waals surface area (Å²) in [5, 5.41) is 9.59. The Balaban J connectivity index is 2.11. The van der Waals surface area contributed by atoms with Crippen LogP contribution < -0.4 is 10.3 Å². The van der Waals surface area contributed by atoms with Crippen LogP contribution in [0.4, 0.5) is 11.4 Å². The van der Waals surface area contributed by atoms with Gasteiger partial charge in [-0.1, -0.05) is 0 Å². The Morgan fingerprint density at radius 1 is 1.35 bits per heavy atom. The van der Waals surface area contributed by atoms with Crippen LogP contribution in [0, 0.1) is 10.1 Å². The smallest absolute Gasteiger partial charge is 0.253 e. The topological polar surface area (TPSA) is 84.7 Å². The number of hydrogen-bond acceptors (Lipinski definition) is 4. The third kappa shape index (κ3) is 2.70. The van der Waals surface area contributed by atoms with Crippen LogP contribution in [-0.2, 0) is 9.53 Å². The lowest BCUT2D eigenvalue weighted by molar-refractivity contribution is -0.445. The van der Waals surface area contributed by atoms with E-state index in [1.54, 1.807) is 29.2 Å². The minimum atomic E-state index is -0.630. The Labute approximate surface area is 97.1 Å². The van der Waals surface area contributed by atoms with E-state index in [0.717, 1.165) is 0 Å². The minimum Gasteiger partial charge on any atom is -0.370 e. The first-order valence-corrected chi connectivity index (χ1v) is 5.06. The summed E-state index contributed by atoms with van der Waals surface area (Å²) in [5.41, 5.74) is 3.13. The maximum Gasteiger partial charge on any atom is 0.253 e. The third-order valence-electron chi connectivity index (χ3n) is 2.39. The Bertz CT molecular complexity index is 432. The second-order valence-electron chi connectivity index (χ2n) is 3.51. The number of carbonyl (C=O) groups excluding carboxylic acids is 1. The van der Waals surface area contributed by atoms with Gasteiger partial charge in [-0.2, -0.15) is 0 Å². The molecule has 1 aromatic carbocycles. The molecule has 17 heavy (non-hydrogen) atoms. The van der Waals surface area contributed by atoms with Gasteiger partial charge in [-0.3, -0.25) is 4.79 Å². The van der Waals surface area contributed by atoms with Crippen molar-refractivity contribution in [3.8, 4) is 0 Å². The fourth-order valence-corrected chi connectivity index (χ4v) is 1.61. The van der Waals surface area contributed by atoms with Crippen molar-refractivity contribution in [3.63, 3.8) is 0 Å². The predicted molar refractivity (Wildman–Crippen MR) is 60.2 cm³/mol. The number of nitro groups is 1. The van der Waals surface area contributed by atoms with Crippen molar-refractivity contribution >= 4 is 17.3 Å². The Morgan fingerprint density at radius 3 is 2.65 bits per heavy atom. The lowest BCUT2D eigenvalue weighted by atomic mass is 10.2. The quantitative estimate of drug-likeness (QED) is 0.616. The van der Waals surface area contributed by atoms with Crippen LogP contribution in [0.25, 0.3) is 0 Å². The fraction of sp³-hybridized carbons (Fsp3) is 0.300. The molecular formula is C10H11N3O4. The number of nitrogens with one attached hydrogen (secondary N) is 1. The summed E-state index contributed by atoms with van der Waals surface area (Å²) < 4.78 is 5.02. The van der Waals surface area contributed by atoms with E-state index < -0.39 is 5.03 Å². The molecule has 0 radical (unpaired) electrons. The molecule has 1 fully saturated rings. The molecule has 0 unspecified atom stereocenters. The van der Waals surface area contributed by atoms with Crippen LogP contribution >= 0.6 is 0 Å². The number of amides is 1. The van der Waals surface area contributed by atoms with Crippen molar-refractivity contribution in [1.29, 1.82) is 0 Å². The van der Waals surface area contributed by atoms with Crippen LogP contribution in [0.5, 0.6) is 0 Å². The van der Waals surface area contributed by atoms with Gasteiger partial charge in [0.05, 0.1) is 6.61 Å². The van der Waals surface area contributed by atoms with Gasteiger partial charge in [-0.25, -0.2) is 10.1 Å². The number of hydrogen-bond donors (Lipinski definition) is 1. The van der Waals surface area contributed by atoms with Crippen molar-refractivity contribution in [2.75, 3.05) is 30.1 Å². The fourth-order valence-electron chi connectivity index (χ4n) is 1.61. The molecule has 0 atom stereocenters. The SMILES string of the molecule is O=C1COCCN1c1ccc(N[N+](=O)[O-])cc1. The summed E-state index contributed by atoms with van der Waals surface area (Å²) in [6.45, 7) is 1.08. The van der Waals surface area contributed by atoms with Crippen LogP contribution in [0.3, 0.4) is 0 Å². The number of ether oxygens (including phenoxy) is 1. The Morgan fingerprint density at radius 2 is 2.06 bits per heavy atom. The van der Waals surface area contributed by atoms with Gasteiger partial charge < -0.3 is 9.64 Å². The minimum absolute atomic E-state index is 0.0783. The Hall–Kier alpha value is -2.15. The molecule has 1 N–H and O–H groups in total. The molecule has 1 amide bonds. The summed E-state index contributed by atoms with van der Waals surface area (Å²) in [6.07, 6.45) is 0. The van der Waals surface area contributed by atoms with E-state index in [4.69, 9.17) is 4.74 Å². The molecule has 1 heterocycles. The maximum atomic E-state index is 11.5. The van der Waals surface area contributed by atoms with Gasteiger partial charge in [0.1, 0.15) is 12.3 Å². The standard InChI is InChI=1S/C10H11N3O4/c14-10-7-17-6-5-12(10)9-3-1-8(2-4-9)11-13(15)16/h1-4,11H,5-7H2. The summed E-state index contributed by atoms with van der Waals surface area (Å²) >= 11 is 0. The molecule has 90 valence electrons. The number of anilines is 2. The molecule has 7 nitrogen and oxygen atoms in total. The van der Waals surface area contributed by atoms with Gasteiger partial charge in [0, 0.05) is 12.2 Å². The zero-order valence-corrected chi connectivity index (χ0v) is 8.96. The second kappa shape index (κ2) is 4.79. The van der Waals surface area contributed by atoms with E-state index in [0.29, 0.717) is 24.5 Å². The molecule has 1 aliphatic heterocycles. The van der Waals surface area contributed by atoms with Crippen molar-refractivity contribution in [3.05, 3.63) is 34.4 Å². The molecule has 0 saturated carbocycles. The summed E-state index contributed by atoms with van der Waals surface area (Å²) in [6, 6.07) is 6.44. The van der Waals surface area contributed by atoms with Gasteiger partial charge >= 0.3 is 0 Å². The molecule has 0 spiro atoms. The van der Waals surface area contributed by atoms with Crippen LogP contribution in [0.2, 0.25) is 0 Å². The highest BCUT2D eigenvalue weighted by atomic mass is 16.7. The number of carbonyl (C=O) groups is 1. The largest absolute Gasteiger partial charge is 0.370 e. The third-order valence-corrected chi connectivity index (χ3v) is 2.39. The van der Waals surface area contributed by atoms with E-state index >= 15 is 0 Å². The van der Waals surface area contributed by atoms with Crippen LogP contribution in [0.1, 0.15) is 0 Å². The number of benzene rings is 1. The van der Waals surface area contributed by atoms with E-state index in [1.165, 1.54) is 0 Å². The van der Waals surface area contributed by atoms with Gasteiger partial charge in [0.15, 0.2) is 5.03 Å².